The second-order valence-electron chi connectivity index (χ2n) is 6.07. The van der Waals surface area contributed by atoms with Gasteiger partial charge in [0, 0.05) is 30.3 Å². The largest absolute Gasteiger partial charge is 0.372 e. The van der Waals surface area contributed by atoms with Crippen molar-refractivity contribution < 1.29 is 4.79 Å². The minimum absolute atomic E-state index is 0.0433. The molecule has 110 valence electrons. The molecule has 1 aliphatic heterocycles. The molecule has 1 heterocycles. The lowest BCUT2D eigenvalue weighted by Crippen LogP contribution is -2.32. The first-order valence-corrected chi connectivity index (χ1v) is 7.79. The minimum Gasteiger partial charge on any atom is -0.372 e. The van der Waals surface area contributed by atoms with E-state index in [9.17, 15) is 4.79 Å². The molecule has 1 aromatic carbocycles. The van der Waals surface area contributed by atoms with Crippen molar-refractivity contribution in [3.05, 3.63) is 24.3 Å². The number of hydrogen-bond acceptors (Lipinski definition) is 2. The summed E-state index contributed by atoms with van der Waals surface area (Å²) in [4.78, 5) is 14.4. The highest BCUT2D eigenvalue weighted by Crippen LogP contribution is 2.24. The number of hydrogen-bond donors (Lipinski definition) is 1. The van der Waals surface area contributed by atoms with E-state index in [0.29, 0.717) is 5.88 Å². The summed E-state index contributed by atoms with van der Waals surface area (Å²) in [6, 6.07) is 8.08. The number of piperidine rings is 1. The van der Waals surface area contributed by atoms with Crippen LogP contribution >= 0.6 is 11.6 Å². The van der Waals surface area contributed by atoms with Crippen LogP contribution in [0.2, 0.25) is 0 Å². The van der Waals surface area contributed by atoms with Gasteiger partial charge >= 0.3 is 0 Å². The number of nitrogens with one attached hydrogen (secondary N) is 1. The van der Waals surface area contributed by atoms with Crippen molar-refractivity contribution in [2.24, 2.45) is 5.41 Å². The SMILES string of the molecule is CC(C)(CCl)C(=O)Nc1ccc(N2CCCCC2)cc1. The van der Waals surface area contributed by atoms with Gasteiger partial charge in [-0.1, -0.05) is 0 Å². The zero-order valence-corrected chi connectivity index (χ0v) is 13.0. The standard InChI is InChI=1S/C16H23ClN2O/c1-16(2,12-17)15(20)18-13-6-8-14(9-7-13)19-10-4-3-5-11-19/h6-9H,3-5,10-12H2,1-2H3,(H,18,20). The summed E-state index contributed by atoms with van der Waals surface area (Å²) < 4.78 is 0. The summed E-state index contributed by atoms with van der Waals surface area (Å²) in [5, 5.41) is 2.92. The summed E-state index contributed by atoms with van der Waals surface area (Å²) in [6.45, 7) is 5.95. The molecule has 1 aromatic rings. The van der Waals surface area contributed by atoms with Crippen LogP contribution in [-0.2, 0) is 4.79 Å². The van der Waals surface area contributed by atoms with E-state index in [-0.39, 0.29) is 5.91 Å². The van der Waals surface area contributed by atoms with Gasteiger partial charge in [0.1, 0.15) is 0 Å². The highest BCUT2D eigenvalue weighted by Gasteiger charge is 2.26. The Morgan fingerprint density at radius 1 is 1.20 bits per heavy atom. The number of rotatable bonds is 4. The molecule has 1 saturated heterocycles. The van der Waals surface area contributed by atoms with Gasteiger partial charge in [-0.05, 0) is 57.4 Å². The summed E-state index contributed by atoms with van der Waals surface area (Å²) in [5.41, 5.74) is 1.51. The maximum atomic E-state index is 12.0. The highest BCUT2D eigenvalue weighted by molar-refractivity contribution is 6.20. The lowest BCUT2D eigenvalue weighted by molar-refractivity contribution is -0.122. The zero-order chi connectivity index (χ0) is 14.6. The van der Waals surface area contributed by atoms with Gasteiger partial charge in [0.05, 0.1) is 5.41 Å². The Morgan fingerprint density at radius 2 is 1.80 bits per heavy atom. The minimum atomic E-state index is -0.549. The van der Waals surface area contributed by atoms with Crippen molar-refractivity contribution >= 4 is 28.9 Å². The molecule has 0 unspecified atom stereocenters. The normalized spacial score (nSPS) is 16.1. The second-order valence-corrected chi connectivity index (χ2v) is 6.33. The predicted octanol–water partition coefficient (Wildman–Crippen LogP) is 3.88. The molecule has 4 heteroatoms. The lowest BCUT2D eigenvalue weighted by Gasteiger charge is -2.29. The van der Waals surface area contributed by atoms with E-state index >= 15 is 0 Å². The van der Waals surface area contributed by atoms with Crippen molar-refractivity contribution in [2.75, 3.05) is 29.2 Å². The van der Waals surface area contributed by atoms with E-state index in [1.54, 1.807) is 0 Å². The summed E-state index contributed by atoms with van der Waals surface area (Å²) >= 11 is 5.81. The quantitative estimate of drug-likeness (QED) is 0.855. The van der Waals surface area contributed by atoms with Gasteiger partial charge in [-0.2, -0.15) is 0 Å². The molecule has 0 aromatic heterocycles. The number of nitrogens with zero attached hydrogens (tertiary/aromatic N) is 1. The zero-order valence-electron chi connectivity index (χ0n) is 12.3. The fourth-order valence-electron chi connectivity index (χ4n) is 2.27. The number of anilines is 2. The highest BCUT2D eigenvalue weighted by atomic mass is 35.5. The molecule has 1 N–H and O–H groups in total. The molecular weight excluding hydrogens is 272 g/mol. The van der Waals surface area contributed by atoms with Crippen LogP contribution < -0.4 is 10.2 Å². The molecule has 0 aliphatic carbocycles. The molecule has 1 amide bonds. The maximum Gasteiger partial charge on any atom is 0.231 e. The van der Waals surface area contributed by atoms with Gasteiger partial charge in [-0.25, -0.2) is 0 Å². The molecule has 3 nitrogen and oxygen atoms in total. The van der Waals surface area contributed by atoms with Gasteiger partial charge in [0.2, 0.25) is 5.91 Å². The van der Waals surface area contributed by atoms with E-state index in [1.165, 1.54) is 24.9 Å². The van der Waals surface area contributed by atoms with Crippen LogP contribution in [0.25, 0.3) is 0 Å². The molecule has 0 radical (unpaired) electrons. The summed E-state index contributed by atoms with van der Waals surface area (Å²) in [5.74, 6) is 0.267. The smallest absolute Gasteiger partial charge is 0.231 e. The average Bonchev–Trinajstić information content (AvgIpc) is 2.49. The Kier molecular flexibility index (Phi) is 4.92. The first kappa shape index (κ1) is 15.2. The number of carbonyl (C=O) groups excluding carboxylic acids is 1. The fourth-order valence-corrected chi connectivity index (χ4v) is 2.39. The molecule has 1 aliphatic rings. The van der Waals surface area contributed by atoms with Crippen molar-refractivity contribution in [3.8, 4) is 0 Å². The van der Waals surface area contributed by atoms with Crippen molar-refractivity contribution in [3.63, 3.8) is 0 Å². The van der Waals surface area contributed by atoms with Crippen LogP contribution in [-0.4, -0.2) is 24.9 Å². The molecule has 2 rings (SSSR count). The van der Waals surface area contributed by atoms with Crippen molar-refractivity contribution in [1.29, 1.82) is 0 Å². The van der Waals surface area contributed by atoms with Crippen LogP contribution in [0.1, 0.15) is 33.1 Å². The second kappa shape index (κ2) is 6.49. The molecule has 20 heavy (non-hydrogen) atoms. The Balaban J connectivity index is 1.99. The number of amides is 1. The van der Waals surface area contributed by atoms with E-state index in [4.69, 9.17) is 11.6 Å². The predicted molar refractivity (Wildman–Crippen MR) is 85.6 cm³/mol. The van der Waals surface area contributed by atoms with Crippen LogP contribution in [0.4, 0.5) is 11.4 Å². The number of benzene rings is 1. The van der Waals surface area contributed by atoms with E-state index < -0.39 is 5.41 Å². The molecule has 0 saturated carbocycles. The molecule has 0 spiro atoms. The fraction of sp³-hybridized carbons (Fsp3) is 0.562. The number of carbonyl (C=O) groups is 1. The Labute approximate surface area is 126 Å². The Hall–Kier alpha value is -1.22. The summed E-state index contributed by atoms with van der Waals surface area (Å²) in [7, 11) is 0. The molecule has 0 bridgehead atoms. The molecule has 1 fully saturated rings. The average molecular weight is 295 g/mol. The third-order valence-electron chi connectivity index (χ3n) is 3.80. The monoisotopic (exact) mass is 294 g/mol. The Bertz CT molecular complexity index is 450. The van der Waals surface area contributed by atoms with E-state index in [1.807, 2.05) is 26.0 Å². The van der Waals surface area contributed by atoms with Crippen LogP contribution in [0.5, 0.6) is 0 Å². The maximum absolute atomic E-state index is 12.0. The number of halogens is 1. The van der Waals surface area contributed by atoms with Crippen LogP contribution in [0.3, 0.4) is 0 Å². The van der Waals surface area contributed by atoms with E-state index in [0.717, 1.165) is 18.8 Å². The number of alkyl halides is 1. The van der Waals surface area contributed by atoms with Gasteiger partial charge in [-0.15, -0.1) is 11.6 Å². The van der Waals surface area contributed by atoms with Gasteiger partial charge in [0.25, 0.3) is 0 Å². The Morgan fingerprint density at radius 3 is 2.35 bits per heavy atom. The van der Waals surface area contributed by atoms with Crippen molar-refractivity contribution in [2.45, 2.75) is 33.1 Å². The van der Waals surface area contributed by atoms with Crippen LogP contribution in [0, 0.1) is 5.41 Å². The lowest BCUT2D eigenvalue weighted by atomic mass is 9.95. The van der Waals surface area contributed by atoms with Gasteiger partial charge < -0.3 is 10.2 Å². The third kappa shape index (κ3) is 3.66. The van der Waals surface area contributed by atoms with Gasteiger partial charge in [-0.3, -0.25) is 4.79 Å². The third-order valence-corrected chi connectivity index (χ3v) is 4.46. The van der Waals surface area contributed by atoms with Gasteiger partial charge in [0.15, 0.2) is 0 Å². The van der Waals surface area contributed by atoms with Crippen LogP contribution in [0.15, 0.2) is 24.3 Å². The van der Waals surface area contributed by atoms with Crippen molar-refractivity contribution in [1.82, 2.24) is 0 Å². The van der Waals surface area contributed by atoms with E-state index in [2.05, 4.69) is 22.3 Å². The first-order valence-electron chi connectivity index (χ1n) is 7.25. The summed E-state index contributed by atoms with van der Waals surface area (Å²) in [6.07, 6.45) is 3.86. The molecule has 0 atom stereocenters. The first-order chi connectivity index (χ1) is 9.53. The topological polar surface area (TPSA) is 32.3 Å². The molecular formula is C16H23ClN2O.